The first kappa shape index (κ1) is 19.8. The van der Waals surface area contributed by atoms with Crippen LogP contribution in [-0.2, 0) is 0 Å². The van der Waals surface area contributed by atoms with Crippen LogP contribution in [0.4, 0.5) is 5.69 Å². The van der Waals surface area contributed by atoms with Crippen LogP contribution < -0.4 is 15.4 Å². The van der Waals surface area contributed by atoms with E-state index in [0.29, 0.717) is 29.1 Å². The van der Waals surface area contributed by atoms with Crippen molar-refractivity contribution in [1.29, 1.82) is 0 Å². The normalized spacial score (nSPS) is 14.8. The van der Waals surface area contributed by atoms with Crippen molar-refractivity contribution in [2.45, 2.75) is 19.4 Å². The Hall–Kier alpha value is -4.13. The fourth-order valence-corrected chi connectivity index (χ4v) is 3.68. The van der Waals surface area contributed by atoms with Gasteiger partial charge in [-0.15, -0.1) is 0 Å². The van der Waals surface area contributed by atoms with E-state index < -0.39 is 5.60 Å². The Kier molecular flexibility index (Phi) is 4.66. The van der Waals surface area contributed by atoms with Crippen molar-refractivity contribution in [2.24, 2.45) is 0 Å². The summed E-state index contributed by atoms with van der Waals surface area (Å²) in [5.41, 5.74) is 3.48. The first-order valence-corrected chi connectivity index (χ1v) is 10.3. The van der Waals surface area contributed by atoms with Crippen molar-refractivity contribution in [3.63, 3.8) is 0 Å². The van der Waals surface area contributed by atoms with E-state index >= 15 is 0 Å². The van der Waals surface area contributed by atoms with Gasteiger partial charge in [0.15, 0.2) is 0 Å². The number of nitrogens with one attached hydrogen (secondary N) is 2. The maximum Gasteiger partial charge on any atom is 0.255 e. The number of imidazole rings is 1. The molecule has 0 spiro atoms. The molecule has 7 heteroatoms. The molecule has 7 nitrogen and oxygen atoms in total. The molecule has 3 heterocycles. The monoisotopic (exact) mass is 426 g/mol. The molecule has 0 saturated carbocycles. The number of nitrogens with zero attached hydrogens (tertiary/aromatic N) is 2. The summed E-state index contributed by atoms with van der Waals surface area (Å²) in [6.07, 6.45) is 3.74. The van der Waals surface area contributed by atoms with Gasteiger partial charge in [0.05, 0.1) is 23.5 Å². The number of aromatic nitrogens is 2. The molecule has 0 bridgehead atoms. The quantitative estimate of drug-likeness (QED) is 0.515. The molecule has 0 saturated heterocycles. The summed E-state index contributed by atoms with van der Waals surface area (Å²) in [7, 11) is 0. The van der Waals surface area contributed by atoms with Crippen LogP contribution in [-0.4, -0.2) is 33.3 Å². The summed E-state index contributed by atoms with van der Waals surface area (Å²) in [4.78, 5) is 30.0. The first-order chi connectivity index (χ1) is 15.4. The number of anilines is 1. The third-order valence-electron chi connectivity index (χ3n) is 5.33. The maximum atomic E-state index is 12.9. The Labute approximate surface area is 185 Å². The van der Waals surface area contributed by atoms with Gasteiger partial charge in [0.2, 0.25) is 0 Å². The van der Waals surface area contributed by atoms with Crippen molar-refractivity contribution in [1.82, 2.24) is 14.7 Å². The minimum Gasteiger partial charge on any atom is -0.485 e. The zero-order chi connectivity index (χ0) is 22.3. The zero-order valence-corrected chi connectivity index (χ0v) is 17.8. The van der Waals surface area contributed by atoms with Gasteiger partial charge in [-0.3, -0.25) is 9.59 Å². The Morgan fingerprint density at radius 2 is 1.91 bits per heavy atom. The third-order valence-corrected chi connectivity index (χ3v) is 5.33. The van der Waals surface area contributed by atoms with E-state index in [2.05, 4.69) is 15.6 Å². The molecule has 0 aliphatic carbocycles. The molecule has 5 rings (SSSR count). The summed E-state index contributed by atoms with van der Waals surface area (Å²) in [6.45, 7) is 4.19. The Balaban J connectivity index is 1.40. The molecule has 1 aliphatic heterocycles. The average molecular weight is 426 g/mol. The van der Waals surface area contributed by atoms with E-state index in [1.54, 1.807) is 24.3 Å². The second-order valence-corrected chi connectivity index (χ2v) is 8.38. The number of hydrogen-bond acceptors (Lipinski definition) is 4. The number of hydrogen-bond donors (Lipinski definition) is 2. The van der Waals surface area contributed by atoms with Gasteiger partial charge in [-0.1, -0.05) is 30.3 Å². The highest BCUT2D eigenvalue weighted by atomic mass is 16.5. The van der Waals surface area contributed by atoms with Gasteiger partial charge in [-0.2, -0.15) is 0 Å². The molecule has 0 fully saturated rings. The van der Waals surface area contributed by atoms with Crippen LogP contribution in [0.3, 0.4) is 0 Å². The number of carbonyl (C=O) groups excluding carboxylic acids is 2. The van der Waals surface area contributed by atoms with Gasteiger partial charge in [-0.05, 0) is 44.2 Å². The number of rotatable bonds is 3. The lowest BCUT2D eigenvalue weighted by molar-refractivity contribution is 0.0907. The molecular weight excluding hydrogens is 404 g/mol. The highest BCUT2D eigenvalue weighted by Gasteiger charge is 2.28. The van der Waals surface area contributed by atoms with Gasteiger partial charge in [-0.25, -0.2) is 4.98 Å². The van der Waals surface area contributed by atoms with Gasteiger partial charge in [0, 0.05) is 23.5 Å². The lowest BCUT2D eigenvalue weighted by atomic mass is 10.1. The van der Waals surface area contributed by atoms with Crippen LogP contribution in [0.15, 0.2) is 73.1 Å². The minimum absolute atomic E-state index is 0.256. The summed E-state index contributed by atoms with van der Waals surface area (Å²) >= 11 is 0. The number of carbonyl (C=O) groups is 2. The summed E-state index contributed by atoms with van der Waals surface area (Å²) in [5.74, 6) is -0.102. The van der Waals surface area contributed by atoms with Crippen molar-refractivity contribution in [3.05, 3.63) is 84.2 Å². The number of benzene rings is 2. The smallest absolute Gasteiger partial charge is 0.255 e. The number of amides is 2. The Morgan fingerprint density at radius 1 is 1.09 bits per heavy atom. The second kappa shape index (κ2) is 7.53. The molecular formula is C25H22N4O3. The van der Waals surface area contributed by atoms with Crippen molar-refractivity contribution in [3.8, 4) is 17.0 Å². The number of ether oxygens (including phenoxy) is 1. The summed E-state index contributed by atoms with van der Waals surface area (Å²) < 4.78 is 7.80. The van der Waals surface area contributed by atoms with E-state index in [4.69, 9.17) is 4.74 Å². The molecule has 4 aromatic rings. The maximum absolute atomic E-state index is 12.9. The fraction of sp³-hybridized carbons (Fsp3) is 0.160. The lowest BCUT2D eigenvalue weighted by Gasteiger charge is -2.23. The SMILES string of the molecule is CC1(C)CNC(=O)c2cc(C(=O)Nc3ccc4nc(-c5ccccc5)cn4c3)ccc2O1. The predicted molar refractivity (Wildman–Crippen MR) is 122 cm³/mol. The van der Waals surface area contributed by atoms with Crippen LogP contribution in [0, 0.1) is 0 Å². The van der Waals surface area contributed by atoms with E-state index in [1.165, 1.54) is 0 Å². The summed E-state index contributed by atoms with van der Waals surface area (Å²) in [5, 5.41) is 5.73. The molecule has 2 aromatic heterocycles. The van der Waals surface area contributed by atoms with E-state index in [-0.39, 0.29) is 11.8 Å². The predicted octanol–water partition coefficient (Wildman–Crippen LogP) is 4.15. The second-order valence-electron chi connectivity index (χ2n) is 8.38. The molecule has 2 N–H and O–H groups in total. The Morgan fingerprint density at radius 3 is 2.72 bits per heavy atom. The van der Waals surface area contributed by atoms with Crippen molar-refractivity contribution < 1.29 is 14.3 Å². The van der Waals surface area contributed by atoms with Crippen LogP contribution in [0.25, 0.3) is 16.9 Å². The summed E-state index contributed by atoms with van der Waals surface area (Å²) in [6, 6.07) is 18.5. The molecule has 0 unspecified atom stereocenters. The molecule has 1 aliphatic rings. The lowest BCUT2D eigenvalue weighted by Crippen LogP contribution is -2.39. The van der Waals surface area contributed by atoms with Gasteiger partial charge >= 0.3 is 0 Å². The van der Waals surface area contributed by atoms with Crippen LogP contribution in [0.5, 0.6) is 5.75 Å². The molecule has 2 amide bonds. The molecule has 2 aromatic carbocycles. The molecule has 0 radical (unpaired) electrons. The molecule has 32 heavy (non-hydrogen) atoms. The first-order valence-electron chi connectivity index (χ1n) is 10.3. The topological polar surface area (TPSA) is 84.7 Å². The standard InChI is InChI=1S/C25H22N4O3/c1-25(2)15-26-24(31)19-12-17(8-10-21(19)32-25)23(30)27-18-9-11-22-28-20(14-29(22)13-18)16-6-4-3-5-7-16/h3-14H,15H2,1-2H3,(H,26,31)(H,27,30). The average Bonchev–Trinajstić information content (AvgIpc) is 3.17. The Bertz CT molecular complexity index is 1340. The van der Waals surface area contributed by atoms with Crippen molar-refractivity contribution >= 4 is 23.1 Å². The highest BCUT2D eigenvalue weighted by molar-refractivity contribution is 6.07. The third kappa shape index (κ3) is 3.80. The van der Waals surface area contributed by atoms with E-state index in [9.17, 15) is 9.59 Å². The number of pyridine rings is 1. The zero-order valence-electron chi connectivity index (χ0n) is 17.8. The highest BCUT2D eigenvalue weighted by Crippen LogP contribution is 2.27. The fourth-order valence-electron chi connectivity index (χ4n) is 3.68. The molecule has 160 valence electrons. The van der Waals surface area contributed by atoms with Crippen LogP contribution in [0.2, 0.25) is 0 Å². The molecule has 0 atom stereocenters. The van der Waals surface area contributed by atoms with E-state index in [1.807, 2.05) is 67.0 Å². The van der Waals surface area contributed by atoms with Gasteiger partial charge < -0.3 is 19.8 Å². The van der Waals surface area contributed by atoms with E-state index in [0.717, 1.165) is 16.9 Å². The van der Waals surface area contributed by atoms with Gasteiger partial charge in [0.1, 0.15) is 17.0 Å². The van der Waals surface area contributed by atoms with Crippen molar-refractivity contribution in [2.75, 3.05) is 11.9 Å². The van der Waals surface area contributed by atoms with Crippen LogP contribution in [0.1, 0.15) is 34.6 Å². The minimum atomic E-state index is -0.524. The largest absolute Gasteiger partial charge is 0.485 e. The van der Waals surface area contributed by atoms with Gasteiger partial charge in [0.25, 0.3) is 11.8 Å². The number of fused-ring (bicyclic) bond motifs is 2. The van der Waals surface area contributed by atoms with Crippen LogP contribution >= 0.6 is 0 Å².